The SMILES string of the molecule is CCN(CC)C(=O)[C@H]1C=C2c3cccc4[nH]cc(c34)C[C@H]2N(C)C1. The van der Waals surface area contributed by atoms with E-state index in [-0.39, 0.29) is 11.8 Å². The fourth-order valence-corrected chi connectivity index (χ4v) is 4.38. The average molecular weight is 323 g/mol. The number of carbonyl (C=O) groups excluding carboxylic acids is 1. The van der Waals surface area contributed by atoms with E-state index in [4.69, 9.17) is 0 Å². The molecule has 1 N–H and O–H groups in total. The van der Waals surface area contributed by atoms with Crippen LogP contribution in [0.3, 0.4) is 0 Å². The number of H-pyrrole nitrogens is 1. The smallest absolute Gasteiger partial charge is 0.230 e. The molecule has 0 spiro atoms. The van der Waals surface area contributed by atoms with Crippen molar-refractivity contribution in [2.24, 2.45) is 5.92 Å². The fraction of sp³-hybridized carbons (Fsp3) is 0.450. The number of nitrogens with zero attached hydrogens (tertiary/aromatic N) is 2. The van der Waals surface area contributed by atoms with E-state index in [1.54, 1.807) is 0 Å². The Morgan fingerprint density at radius 3 is 2.88 bits per heavy atom. The molecule has 4 rings (SSSR count). The molecule has 0 unspecified atom stereocenters. The molecule has 24 heavy (non-hydrogen) atoms. The number of aromatic nitrogens is 1. The monoisotopic (exact) mass is 323 g/mol. The molecule has 1 aromatic heterocycles. The molecule has 1 aliphatic heterocycles. The van der Waals surface area contributed by atoms with Crippen molar-refractivity contribution in [3.8, 4) is 0 Å². The highest BCUT2D eigenvalue weighted by molar-refractivity contribution is 5.99. The van der Waals surface area contributed by atoms with Gasteiger partial charge in [-0.2, -0.15) is 0 Å². The number of benzene rings is 1. The summed E-state index contributed by atoms with van der Waals surface area (Å²) in [5.74, 6) is 0.210. The number of amides is 1. The topological polar surface area (TPSA) is 39.3 Å². The lowest BCUT2D eigenvalue weighted by Gasteiger charge is -2.40. The summed E-state index contributed by atoms with van der Waals surface area (Å²) >= 11 is 0. The molecule has 2 aliphatic rings. The molecule has 4 nitrogen and oxygen atoms in total. The summed E-state index contributed by atoms with van der Waals surface area (Å²) < 4.78 is 0. The van der Waals surface area contributed by atoms with Gasteiger partial charge in [-0.3, -0.25) is 9.69 Å². The second-order valence-electron chi connectivity index (χ2n) is 6.94. The largest absolute Gasteiger partial charge is 0.361 e. The number of aromatic amines is 1. The molecular formula is C20H25N3O. The Morgan fingerprint density at radius 1 is 1.33 bits per heavy atom. The first-order chi connectivity index (χ1) is 11.6. The maximum atomic E-state index is 12.9. The lowest BCUT2D eigenvalue weighted by molar-refractivity contribution is -0.134. The molecular weight excluding hydrogens is 298 g/mol. The summed E-state index contributed by atoms with van der Waals surface area (Å²) in [4.78, 5) is 20.6. The van der Waals surface area contributed by atoms with Gasteiger partial charge in [0.2, 0.25) is 5.91 Å². The van der Waals surface area contributed by atoms with Crippen LogP contribution >= 0.6 is 0 Å². The Bertz CT molecular complexity index is 815. The quantitative estimate of drug-likeness (QED) is 0.943. The lowest BCUT2D eigenvalue weighted by Crippen LogP contribution is -2.47. The summed E-state index contributed by atoms with van der Waals surface area (Å²) in [6.07, 6.45) is 5.41. The van der Waals surface area contributed by atoms with E-state index in [9.17, 15) is 4.79 Å². The second kappa shape index (κ2) is 5.78. The number of fused-ring (bicyclic) bond motifs is 2. The Kier molecular flexibility index (Phi) is 3.72. The van der Waals surface area contributed by atoms with E-state index in [2.05, 4.69) is 61.3 Å². The minimum atomic E-state index is -0.0445. The first-order valence-electron chi connectivity index (χ1n) is 8.94. The van der Waals surface area contributed by atoms with Crippen LogP contribution in [-0.2, 0) is 11.2 Å². The predicted octanol–water partition coefficient (Wildman–Crippen LogP) is 2.91. The van der Waals surface area contributed by atoms with Crippen LogP contribution in [0.5, 0.6) is 0 Å². The van der Waals surface area contributed by atoms with Crippen molar-refractivity contribution in [2.45, 2.75) is 26.3 Å². The highest BCUT2D eigenvalue weighted by Gasteiger charge is 2.36. The fourth-order valence-electron chi connectivity index (χ4n) is 4.38. The first-order valence-corrected chi connectivity index (χ1v) is 8.94. The molecule has 1 aromatic carbocycles. The third-order valence-corrected chi connectivity index (χ3v) is 5.66. The lowest BCUT2D eigenvalue weighted by atomic mass is 9.79. The van der Waals surface area contributed by atoms with Crippen LogP contribution in [0.15, 0.2) is 30.5 Å². The standard InChI is InChI=1S/C20H25N3O/c1-4-23(5-2)20(24)14-9-16-15-7-6-8-17-19(15)13(11-21-17)10-18(16)22(3)12-14/h6-9,11,14,18,21H,4-5,10,12H2,1-3H3/t14-,18+/m0/s1. The highest BCUT2D eigenvalue weighted by Crippen LogP contribution is 2.40. The van der Waals surface area contributed by atoms with Crippen molar-refractivity contribution in [3.63, 3.8) is 0 Å². The number of hydrogen-bond acceptors (Lipinski definition) is 2. The number of nitrogens with one attached hydrogen (secondary N) is 1. The van der Waals surface area contributed by atoms with Gasteiger partial charge in [0, 0.05) is 42.8 Å². The van der Waals surface area contributed by atoms with Gasteiger partial charge in [0.25, 0.3) is 0 Å². The Balaban J connectivity index is 1.80. The Hall–Kier alpha value is -2.07. The molecule has 1 aliphatic carbocycles. The van der Waals surface area contributed by atoms with Crippen molar-refractivity contribution in [1.82, 2.24) is 14.8 Å². The van der Waals surface area contributed by atoms with Crippen LogP contribution < -0.4 is 0 Å². The molecule has 0 saturated heterocycles. The van der Waals surface area contributed by atoms with Crippen molar-refractivity contribution < 1.29 is 4.79 Å². The second-order valence-corrected chi connectivity index (χ2v) is 6.94. The average Bonchev–Trinajstić information content (AvgIpc) is 3.01. The van der Waals surface area contributed by atoms with E-state index in [1.807, 2.05) is 4.90 Å². The number of hydrogen-bond donors (Lipinski definition) is 1. The van der Waals surface area contributed by atoms with Crippen LogP contribution in [0.1, 0.15) is 25.0 Å². The van der Waals surface area contributed by atoms with E-state index >= 15 is 0 Å². The minimum absolute atomic E-state index is 0.0445. The summed E-state index contributed by atoms with van der Waals surface area (Å²) in [5.41, 5.74) is 5.21. The van der Waals surface area contributed by atoms with Gasteiger partial charge in [0.05, 0.1) is 5.92 Å². The van der Waals surface area contributed by atoms with E-state index in [0.717, 1.165) is 26.1 Å². The molecule has 2 heterocycles. The zero-order chi connectivity index (χ0) is 16.8. The number of rotatable bonds is 3. The summed E-state index contributed by atoms with van der Waals surface area (Å²) in [5, 5.41) is 1.34. The van der Waals surface area contributed by atoms with E-state index in [0.29, 0.717) is 6.04 Å². The van der Waals surface area contributed by atoms with Gasteiger partial charge in [-0.25, -0.2) is 0 Å². The highest BCUT2D eigenvalue weighted by atomic mass is 16.2. The Morgan fingerprint density at radius 2 is 2.12 bits per heavy atom. The molecule has 0 radical (unpaired) electrons. The predicted molar refractivity (Wildman–Crippen MR) is 97.8 cm³/mol. The van der Waals surface area contributed by atoms with E-state index in [1.165, 1.54) is 27.6 Å². The zero-order valence-electron chi connectivity index (χ0n) is 14.7. The minimum Gasteiger partial charge on any atom is -0.361 e. The maximum absolute atomic E-state index is 12.9. The zero-order valence-corrected chi connectivity index (χ0v) is 14.7. The van der Waals surface area contributed by atoms with E-state index < -0.39 is 0 Å². The molecule has 1 amide bonds. The van der Waals surface area contributed by atoms with Crippen molar-refractivity contribution in [3.05, 3.63) is 41.6 Å². The molecule has 4 heteroatoms. The van der Waals surface area contributed by atoms with Gasteiger partial charge in [0.15, 0.2) is 0 Å². The maximum Gasteiger partial charge on any atom is 0.230 e. The van der Waals surface area contributed by atoms with Gasteiger partial charge in [-0.15, -0.1) is 0 Å². The number of carbonyl (C=O) groups is 1. The van der Waals surface area contributed by atoms with Gasteiger partial charge < -0.3 is 9.88 Å². The summed E-state index contributed by atoms with van der Waals surface area (Å²) in [6, 6.07) is 6.82. The van der Waals surface area contributed by atoms with Crippen molar-refractivity contribution in [2.75, 3.05) is 26.7 Å². The van der Waals surface area contributed by atoms with Crippen LogP contribution in [-0.4, -0.2) is 53.4 Å². The van der Waals surface area contributed by atoms with Crippen LogP contribution in [0.25, 0.3) is 16.5 Å². The van der Waals surface area contributed by atoms with Crippen LogP contribution in [0, 0.1) is 5.92 Å². The molecule has 0 saturated carbocycles. The Labute approximate surface area is 143 Å². The third-order valence-electron chi connectivity index (χ3n) is 5.66. The van der Waals surface area contributed by atoms with Gasteiger partial charge in [0.1, 0.15) is 0 Å². The summed E-state index contributed by atoms with van der Waals surface area (Å²) in [7, 11) is 2.15. The van der Waals surface area contributed by atoms with Crippen LogP contribution in [0.4, 0.5) is 0 Å². The molecule has 2 atom stereocenters. The molecule has 126 valence electrons. The van der Waals surface area contributed by atoms with Crippen LogP contribution in [0.2, 0.25) is 0 Å². The molecule has 0 bridgehead atoms. The van der Waals surface area contributed by atoms with Gasteiger partial charge in [-0.1, -0.05) is 18.2 Å². The molecule has 0 fully saturated rings. The van der Waals surface area contributed by atoms with Crippen molar-refractivity contribution >= 4 is 22.4 Å². The van der Waals surface area contributed by atoms with Gasteiger partial charge in [-0.05, 0) is 50.1 Å². The normalized spacial score (nSPS) is 23.0. The van der Waals surface area contributed by atoms with Crippen molar-refractivity contribution in [1.29, 1.82) is 0 Å². The third kappa shape index (κ3) is 2.20. The summed E-state index contributed by atoms with van der Waals surface area (Å²) in [6.45, 7) is 6.47. The van der Waals surface area contributed by atoms with Gasteiger partial charge >= 0.3 is 0 Å². The molecule has 2 aromatic rings. The first kappa shape index (κ1) is 15.5. The number of likely N-dealkylation sites (N-methyl/N-ethyl adjacent to an activating group) is 1.